The Morgan fingerprint density at radius 1 is 1.15 bits per heavy atom. The van der Waals surface area contributed by atoms with Crippen molar-refractivity contribution in [3.63, 3.8) is 0 Å². The number of rotatable bonds is 3. The highest BCUT2D eigenvalue weighted by molar-refractivity contribution is 9.10. The summed E-state index contributed by atoms with van der Waals surface area (Å²) >= 11 is 3.42. The summed E-state index contributed by atoms with van der Waals surface area (Å²) in [5.41, 5.74) is 6.86. The van der Waals surface area contributed by atoms with Crippen LogP contribution in [0, 0.1) is 0 Å². The van der Waals surface area contributed by atoms with E-state index >= 15 is 0 Å². The molecule has 0 aliphatic heterocycles. The van der Waals surface area contributed by atoms with Crippen LogP contribution < -0.4 is 5.73 Å². The standard InChI is InChI=1S/C15H18BrN3O/c16-12-6-4-11(5-7-12)13-18-14(20-19-13)15(10-17)8-2-1-3-9-15/h4-7H,1-3,8-10,17H2. The van der Waals surface area contributed by atoms with Crippen LogP contribution in [-0.2, 0) is 5.41 Å². The van der Waals surface area contributed by atoms with E-state index in [-0.39, 0.29) is 5.41 Å². The van der Waals surface area contributed by atoms with E-state index in [4.69, 9.17) is 10.3 Å². The van der Waals surface area contributed by atoms with Gasteiger partial charge in [0.15, 0.2) is 0 Å². The summed E-state index contributed by atoms with van der Waals surface area (Å²) in [6.07, 6.45) is 5.74. The van der Waals surface area contributed by atoms with Crippen LogP contribution >= 0.6 is 15.9 Å². The fourth-order valence-electron chi connectivity index (χ4n) is 2.89. The van der Waals surface area contributed by atoms with E-state index in [2.05, 4.69) is 26.1 Å². The van der Waals surface area contributed by atoms with E-state index in [1.54, 1.807) is 0 Å². The molecule has 0 saturated heterocycles. The Morgan fingerprint density at radius 2 is 1.85 bits per heavy atom. The fourth-order valence-corrected chi connectivity index (χ4v) is 3.15. The topological polar surface area (TPSA) is 64.9 Å². The molecule has 2 aromatic rings. The van der Waals surface area contributed by atoms with Crippen LogP contribution in [0.4, 0.5) is 0 Å². The normalized spacial score (nSPS) is 18.1. The minimum Gasteiger partial charge on any atom is -0.338 e. The number of hydrogen-bond donors (Lipinski definition) is 1. The Labute approximate surface area is 126 Å². The van der Waals surface area contributed by atoms with Crippen LogP contribution in [0.5, 0.6) is 0 Å². The predicted molar refractivity (Wildman–Crippen MR) is 81.3 cm³/mol. The Bertz CT molecular complexity index is 573. The zero-order valence-electron chi connectivity index (χ0n) is 11.3. The third-order valence-electron chi connectivity index (χ3n) is 4.18. The fraction of sp³-hybridized carbons (Fsp3) is 0.467. The molecule has 5 heteroatoms. The minimum atomic E-state index is -0.112. The molecular weight excluding hydrogens is 318 g/mol. The molecule has 1 aliphatic carbocycles. The van der Waals surface area contributed by atoms with Crippen LogP contribution in [0.15, 0.2) is 33.3 Å². The van der Waals surface area contributed by atoms with Crippen molar-refractivity contribution >= 4 is 15.9 Å². The molecule has 1 saturated carbocycles. The number of benzene rings is 1. The van der Waals surface area contributed by atoms with Gasteiger partial charge in [-0.05, 0) is 37.1 Å². The Morgan fingerprint density at radius 3 is 2.50 bits per heavy atom. The lowest BCUT2D eigenvalue weighted by molar-refractivity contribution is 0.220. The molecule has 1 aromatic heterocycles. The van der Waals surface area contributed by atoms with Crippen molar-refractivity contribution < 1.29 is 4.52 Å². The van der Waals surface area contributed by atoms with Gasteiger partial charge in [0.25, 0.3) is 0 Å². The molecule has 0 bridgehead atoms. The van der Waals surface area contributed by atoms with Crippen molar-refractivity contribution in [3.8, 4) is 11.4 Å². The van der Waals surface area contributed by atoms with Gasteiger partial charge in [-0.1, -0.05) is 40.3 Å². The average Bonchev–Trinajstić information content (AvgIpc) is 2.99. The average molecular weight is 336 g/mol. The molecule has 4 nitrogen and oxygen atoms in total. The molecule has 1 fully saturated rings. The van der Waals surface area contributed by atoms with Gasteiger partial charge in [0, 0.05) is 16.6 Å². The van der Waals surface area contributed by atoms with Gasteiger partial charge >= 0.3 is 0 Å². The van der Waals surface area contributed by atoms with E-state index in [9.17, 15) is 0 Å². The number of hydrogen-bond acceptors (Lipinski definition) is 4. The first-order valence-electron chi connectivity index (χ1n) is 7.04. The lowest BCUT2D eigenvalue weighted by atomic mass is 9.74. The maximum Gasteiger partial charge on any atom is 0.234 e. The maximum absolute atomic E-state index is 6.00. The van der Waals surface area contributed by atoms with Crippen LogP contribution in [-0.4, -0.2) is 16.7 Å². The van der Waals surface area contributed by atoms with Crippen LogP contribution in [0.1, 0.15) is 38.0 Å². The molecule has 0 atom stereocenters. The summed E-state index contributed by atoms with van der Waals surface area (Å²) in [7, 11) is 0. The highest BCUT2D eigenvalue weighted by Gasteiger charge is 2.38. The lowest BCUT2D eigenvalue weighted by Crippen LogP contribution is -2.37. The van der Waals surface area contributed by atoms with Crippen LogP contribution in [0.25, 0.3) is 11.4 Å². The van der Waals surface area contributed by atoms with Gasteiger partial charge < -0.3 is 10.3 Å². The van der Waals surface area contributed by atoms with Crippen molar-refractivity contribution in [3.05, 3.63) is 34.6 Å². The molecule has 2 N–H and O–H groups in total. The highest BCUT2D eigenvalue weighted by atomic mass is 79.9. The SMILES string of the molecule is NCC1(c2nc(-c3ccc(Br)cc3)no2)CCCCC1. The van der Waals surface area contributed by atoms with E-state index in [0.29, 0.717) is 18.3 Å². The second kappa shape index (κ2) is 5.66. The highest BCUT2D eigenvalue weighted by Crippen LogP contribution is 2.38. The van der Waals surface area contributed by atoms with Crippen molar-refractivity contribution in [2.45, 2.75) is 37.5 Å². The predicted octanol–water partition coefficient (Wildman–Crippen LogP) is 3.66. The molecular formula is C15H18BrN3O. The number of nitrogens with two attached hydrogens (primary N) is 1. The first-order valence-corrected chi connectivity index (χ1v) is 7.83. The zero-order valence-corrected chi connectivity index (χ0v) is 12.9. The molecule has 0 amide bonds. The lowest BCUT2D eigenvalue weighted by Gasteiger charge is -2.32. The zero-order chi connectivity index (χ0) is 14.0. The third-order valence-corrected chi connectivity index (χ3v) is 4.71. The van der Waals surface area contributed by atoms with Crippen molar-refractivity contribution in [2.75, 3.05) is 6.54 Å². The summed E-state index contributed by atoms with van der Waals surface area (Å²) in [4.78, 5) is 4.60. The first kappa shape index (κ1) is 13.8. The molecule has 106 valence electrons. The van der Waals surface area contributed by atoms with Crippen LogP contribution in [0.3, 0.4) is 0 Å². The molecule has 0 spiro atoms. The summed E-state index contributed by atoms with van der Waals surface area (Å²) in [5.74, 6) is 1.35. The summed E-state index contributed by atoms with van der Waals surface area (Å²) in [5, 5.41) is 4.13. The second-order valence-electron chi connectivity index (χ2n) is 5.48. The second-order valence-corrected chi connectivity index (χ2v) is 6.39. The number of aromatic nitrogens is 2. The molecule has 20 heavy (non-hydrogen) atoms. The van der Waals surface area contributed by atoms with Gasteiger partial charge in [0.1, 0.15) is 0 Å². The third kappa shape index (κ3) is 2.52. The quantitative estimate of drug-likeness (QED) is 0.929. The summed E-state index contributed by atoms with van der Waals surface area (Å²) in [6, 6.07) is 7.92. The minimum absolute atomic E-state index is 0.112. The summed E-state index contributed by atoms with van der Waals surface area (Å²) in [6.45, 7) is 0.578. The number of halogens is 1. The Kier molecular flexibility index (Phi) is 3.89. The van der Waals surface area contributed by atoms with Gasteiger partial charge in [-0.15, -0.1) is 0 Å². The molecule has 1 aliphatic rings. The molecule has 1 aromatic carbocycles. The van der Waals surface area contributed by atoms with Gasteiger partial charge in [-0.2, -0.15) is 4.98 Å². The van der Waals surface area contributed by atoms with Gasteiger partial charge in [0.2, 0.25) is 11.7 Å². The molecule has 3 rings (SSSR count). The van der Waals surface area contributed by atoms with E-state index in [1.165, 1.54) is 19.3 Å². The van der Waals surface area contributed by atoms with Crippen molar-refractivity contribution in [1.82, 2.24) is 10.1 Å². The van der Waals surface area contributed by atoms with Gasteiger partial charge in [-0.3, -0.25) is 0 Å². The van der Waals surface area contributed by atoms with Crippen LogP contribution in [0.2, 0.25) is 0 Å². The number of nitrogens with zero attached hydrogens (tertiary/aromatic N) is 2. The Hall–Kier alpha value is -1.20. The van der Waals surface area contributed by atoms with E-state index in [0.717, 1.165) is 22.9 Å². The molecule has 0 radical (unpaired) electrons. The van der Waals surface area contributed by atoms with Gasteiger partial charge in [0.05, 0.1) is 5.41 Å². The van der Waals surface area contributed by atoms with Crippen molar-refractivity contribution in [2.24, 2.45) is 5.73 Å². The van der Waals surface area contributed by atoms with E-state index in [1.807, 2.05) is 24.3 Å². The molecule has 1 heterocycles. The van der Waals surface area contributed by atoms with Crippen molar-refractivity contribution in [1.29, 1.82) is 0 Å². The Balaban J connectivity index is 1.91. The largest absolute Gasteiger partial charge is 0.338 e. The van der Waals surface area contributed by atoms with Gasteiger partial charge in [-0.25, -0.2) is 0 Å². The maximum atomic E-state index is 6.00. The first-order chi connectivity index (χ1) is 9.73. The summed E-state index contributed by atoms with van der Waals surface area (Å²) < 4.78 is 6.57. The molecule has 0 unspecified atom stereocenters. The smallest absolute Gasteiger partial charge is 0.234 e. The monoisotopic (exact) mass is 335 g/mol. The van der Waals surface area contributed by atoms with E-state index < -0.39 is 0 Å².